The molecule has 0 aliphatic carbocycles. The largest absolute Gasteiger partial charge is 0.349 e. The van der Waals surface area contributed by atoms with Crippen LogP contribution in [0.15, 0.2) is 12.4 Å². The fourth-order valence-electron chi connectivity index (χ4n) is 2.49. The highest BCUT2D eigenvalue weighted by atomic mass is 15.2. The Morgan fingerprint density at radius 1 is 1.53 bits per heavy atom. The lowest BCUT2D eigenvalue weighted by atomic mass is 10.0. The zero-order valence-electron chi connectivity index (χ0n) is 10.8. The quantitative estimate of drug-likeness (QED) is 0.734. The van der Waals surface area contributed by atoms with Crippen molar-refractivity contribution in [3.63, 3.8) is 0 Å². The molecule has 2 rings (SSSR count). The Labute approximate surface area is 104 Å². The molecule has 1 fully saturated rings. The minimum Gasteiger partial charge on any atom is -0.349 e. The Morgan fingerprint density at radius 2 is 2.47 bits per heavy atom. The van der Waals surface area contributed by atoms with E-state index in [0.29, 0.717) is 0 Å². The molecule has 0 spiro atoms. The van der Waals surface area contributed by atoms with Crippen molar-refractivity contribution in [2.45, 2.75) is 38.1 Å². The topological polar surface area (TPSA) is 44.0 Å². The van der Waals surface area contributed by atoms with Gasteiger partial charge in [-0.1, -0.05) is 6.42 Å². The zero-order valence-corrected chi connectivity index (χ0v) is 10.8. The molecule has 2 N–H and O–H groups in total. The van der Waals surface area contributed by atoms with Crippen molar-refractivity contribution in [3.05, 3.63) is 18.2 Å². The van der Waals surface area contributed by atoms with E-state index < -0.39 is 0 Å². The number of imidazole rings is 1. The first-order valence-corrected chi connectivity index (χ1v) is 6.75. The molecule has 2 heterocycles. The third-order valence-electron chi connectivity index (χ3n) is 3.62. The molecule has 0 amide bonds. The van der Waals surface area contributed by atoms with Gasteiger partial charge in [0.15, 0.2) is 0 Å². The van der Waals surface area contributed by atoms with E-state index in [1.165, 1.54) is 25.8 Å². The van der Waals surface area contributed by atoms with Gasteiger partial charge in [-0.15, -0.1) is 0 Å². The molecule has 1 saturated heterocycles. The molecule has 1 unspecified atom stereocenters. The summed E-state index contributed by atoms with van der Waals surface area (Å²) in [4.78, 5) is 9.85. The average molecular weight is 236 g/mol. The summed E-state index contributed by atoms with van der Waals surface area (Å²) >= 11 is 0. The first-order chi connectivity index (χ1) is 8.36. The number of aromatic amines is 1. The van der Waals surface area contributed by atoms with Crippen LogP contribution in [0.1, 0.15) is 31.5 Å². The highest BCUT2D eigenvalue weighted by molar-refractivity contribution is 4.86. The van der Waals surface area contributed by atoms with Crippen LogP contribution in [0, 0.1) is 0 Å². The number of likely N-dealkylation sites (N-methyl/N-ethyl adjacent to an activating group) is 1. The first-order valence-electron chi connectivity index (χ1n) is 6.75. The van der Waals surface area contributed by atoms with Crippen molar-refractivity contribution < 1.29 is 0 Å². The fraction of sp³-hybridized carbons (Fsp3) is 0.769. The minimum absolute atomic E-state index is 0.743. The van der Waals surface area contributed by atoms with Gasteiger partial charge in [0, 0.05) is 31.4 Å². The fourth-order valence-corrected chi connectivity index (χ4v) is 2.49. The smallest absolute Gasteiger partial charge is 0.106 e. The number of aromatic nitrogens is 2. The van der Waals surface area contributed by atoms with E-state index >= 15 is 0 Å². The number of hydrogen-bond donors (Lipinski definition) is 2. The Morgan fingerprint density at radius 3 is 3.24 bits per heavy atom. The van der Waals surface area contributed by atoms with Gasteiger partial charge in [-0.25, -0.2) is 4.98 Å². The SMILES string of the molecule is CN1CCCCC1CNCCCc1ncc[nH]1. The van der Waals surface area contributed by atoms with Gasteiger partial charge in [-0.3, -0.25) is 0 Å². The van der Waals surface area contributed by atoms with Crippen LogP contribution < -0.4 is 5.32 Å². The molecule has 4 heteroatoms. The van der Waals surface area contributed by atoms with Gasteiger partial charge < -0.3 is 15.2 Å². The van der Waals surface area contributed by atoms with E-state index in [0.717, 1.165) is 37.8 Å². The Bertz CT molecular complexity index is 296. The lowest BCUT2D eigenvalue weighted by Crippen LogP contribution is -2.43. The van der Waals surface area contributed by atoms with E-state index in [4.69, 9.17) is 0 Å². The Hall–Kier alpha value is -0.870. The predicted molar refractivity (Wildman–Crippen MR) is 70.0 cm³/mol. The van der Waals surface area contributed by atoms with Crippen LogP contribution in [-0.2, 0) is 6.42 Å². The summed E-state index contributed by atoms with van der Waals surface area (Å²) in [6.45, 7) is 3.48. The maximum Gasteiger partial charge on any atom is 0.106 e. The van der Waals surface area contributed by atoms with Crippen LogP contribution in [-0.4, -0.2) is 47.6 Å². The van der Waals surface area contributed by atoms with Crippen molar-refractivity contribution >= 4 is 0 Å². The van der Waals surface area contributed by atoms with Gasteiger partial charge in [-0.2, -0.15) is 0 Å². The number of nitrogens with one attached hydrogen (secondary N) is 2. The summed E-state index contributed by atoms with van der Waals surface area (Å²) in [5.41, 5.74) is 0. The summed E-state index contributed by atoms with van der Waals surface area (Å²) in [5, 5.41) is 3.56. The van der Waals surface area contributed by atoms with Crippen LogP contribution in [0.3, 0.4) is 0 Å². The number of rotatable bonds is 6. The third kappa shape index (κ3) is 4.13. The van der Waals surface area contributed by atoms with Gasteiger partial charge in [0.1, 0.15) is 5.82 Å². The van der Waals surface area contributed by atoms with Crippen LogP contribution in [0.4, 0.5) is 0 Å². The molecule has 1 aliphatic rings. The molecular weight excluding hydrogens is 212 g/mol. The molecular formula is C13H24N4. The van der Waals surface area contributed by atoms with Crippen LogP contribution in [0.2, 0.25) is 0 Å². The number of likely N-dealkylation sites (tertiary alicyclic amines) is 1. The van der Waals surface area contributed by atoms with Gasteiger partial charge >= 0.3 is 0 Å². The van der Waals surface area contributed by atoms with E-state index in [1.807, 2.05) is 12.4 Å². The van der Waals surface area contributed by atoms with E-state index in [9.17, 15) is 0 Å². The second-order valence-electron chi connectivity index (χ2n) is 4.97. The molecule has 0 aromatic carbocycles. The number of aryl methyl sites for hydroxylation is 1. The normalized spacial score (nSPS) is 21.8. The highest BCUT2D eigenvalue weighted by Crippen LogP contribution is 2.13. The lowest BCUT2D eigenvalue weighted by Gasteiger charge is -2.32. The van der Waals surface area contributed by atoms with Crippen molar-refractivity contribution in [2.24, 2.45) is 0 Å². The Kier molecular flexibility index (Phi) is 5.01. The second-order valence-corrected chi connectivity index (χ2v) is 4.97. The molecule has 0 bridgehead atoms. The lowest BCUT2D eigenvalue weighted by molar-refractivity contribution is 0.182. The van der Waals surface area contributed by atoms with Crippen molar-refractivity contribution in [2.75, 3.05) is 26.7 Å². The predicted octanol–water partition coefficient (Wildman–Crippen LogP) is 1.42. The van der Waals surface area contributed by atoms with Crippen LogP contribution in [0.5, 0.6) is 0 Å². The van der Waals surface area contributed by atoms with Gasteiger partial charge in [0.05, 0.1) is 0 Å². The van der Waals surface area contributed by atoms with Crippen molar-refractivity contribution in [3.8, 4) is 0 Å². The van der Waals surface area contributed by atoms with E-state index in [1.54, 1.807) is 0 Å². The summed E-state index contributed by atoms with van der Waals surface area (Å²) in [6.07, 6.45) is 10.0. The molecule has 4 nitrogen and oxygen atoms in total. The molecule has 17 heavy (non-hydrogen) atoms. The van der Waals surface area contributed by atoms with Crippen LogP contribution in [0.25, 0.3) is 0 Å². The third-order valence-corrected chi connectivity index (χ3v) is 3.62. The highest BCUT2D eigenvalue weighted by Gasteiger charge is 2.17. The number of hydrogen-bond acceptors (Lipinski definition) is 3. The molecule has 1 aromatic heterocycles. The maximum absolute atomic E-state index is 4.22. The molecule has 0 saturated carbocycles. The van der Waals surface area contributed by atoms with Gasteiger partial charge in [0.2, 0.25) is 0 Å². The first kappa shape index (κ1) is 12.6. The molecule has 1 aromatic rings. The average Bonchev–Trinajstić information content (AvgIpc) is 2.84. The summed E-state index contributed by atoms with van der Waals surface area (Å²) in [6, 6.07) is 0.743. The minimum atomic E-state index is 0.743. The van der Waals surface area contributed by atoms with Crippen LogP contribution >= 0.6 is 0 Å². The molecule has 1 aliphatic heterocycles. The number of H-pyrrole nitrogens is 1. The number of nitrogens with zero attached hydrogens (tertiary/aromatic N) is 2. The summed E-state index contributed by atoms with van der Waals surface area (Å²) < 4.78 is 0. The maximum atomic E-state index is 4.22. The molecule has 1 atom stereocenters. The summed E-state index contributed by atoms with van der Waals surface area (Å²) in [7, 11) is 2.24. The van der Waals surface area contributed by atoms with E-state index in [2.05, 4.69) is 27.2 Å². The van der Waals surface area contributed by atoms with Crippen molar-refractivity contribution in [1.82, 2.24) is 20.2 Å². The number of piperidine rings is 1. The Balaban J connectivity index is 1.53. The standard InChI is InChI=1S/C13H24N4/c1-17-10-3-2-5-12(17)11-14-7-4-6-13-15-8-9-16-13/h8-9,12,14H,2-7,10-11H2,1H3,(H,15,16). The molecule has 96 valence electrons. The van der Waals surface area contributed by atoms with Gasteiger partial charge in [-0.05, 0) is 39.4 Å². The van der Waals surface area contributed by atoms with E-state index in [-0.39, 0.29) is 0 Å². The monoisotopic (exact) mass is 236 g/mol. The van der Waals surface area contributed by atoms with Gasteiger partial charge in [0.25, 0.3) is 0 Å². The molecule has 0 radical (unpaired) electrons. The summed E-state index contributed by atoms with van der Waals surface area (Å²) in [5.74, 6) is 1.10. The zero-order chi connectivity index (χ0) is 11.9. The van der Waals surface area contributed by atoms with Crippen molar-refractivity contribution in [1.29, 1.82) is 0 Å². The second kappa shape index (κ2) is 6.77.